The highest BCUT2D eigenvalue weighted by molar-refractivity contribution is 7.09. The molecule has 2 heterocycles. The zero-order valence-corrected chi connectivity index (χ0v) is 12.3. The van der Waals surface area contributed by atoms with Crippen LogP contribution in [-0.4, -0.2) is 23.6 Å². The van der Waals surface area contributed by atoms with Gasteiger partial charge >= 0.3 is 0 Å². The molecule has 5 heteroatoms. The molecule has 2 aromatic rings. The molecule has 4 nitrogen and oxygen atoms in total. The van der Waals surface area contributed by atoms with Crippen LogP contribution in [0.3, 0.4) is 0 Å². The maximum Gasteiger partial charge on any atom is 0.142 e. The van der Waals surface area contributed by atoms with Gasteiger partial charge in [0.2, 0.25) is 0 Å². The first-order valence-corrected chi connectivity index (χ1v) is 7.28. The van der Waals surface area contributed by atoms with Gasteiger partial charge in [-0.3, -0.25) is 4.98 Å². The first-order valence-electron chi connectivity index (χ1n) is 6.40. The molecule has 1 unspecified atom stereocenters. The fraction of sp³-hybridized carbons (Fsp3) is 0.429. The van der Waals surface area contributed by atoms with E-state index in [-0.39, 0.29) is 6.04 Å². The number of pyridine rings is 1. The summed E-state index contributed by atoms with van der Waals surface area (Å²) >= 11 is 1.65. The van der Waals surface area contributed by atoms with E-state index < -0.39 is 0 Å². The molecule has 0 fully saturated rings. The Morgan fingerprint density at radius 3 is 2.89 bits per heavy atom. The van der Waals surface area contributed by atoms with Crippen LogP contribution in [-0.2, 0) is 0 Å². The van der Waals surface area contributed by atoms with E-state index in [9.17, 15) is 0 Å². The number of nitrogens with one attached hydrogen (secondary N) is 1. The minimum absolute atomic E-state index is 0.0450. The number of aromatic nitrogens is 2. The summed E-state index contributed by atoms with van der Waals surface area (Å²) < 4.78 is 5.43. The predicted molar refractivity (Wildman–Crippen MR) is 77.8 cm³/mol. The topological polar surface area (TPSA) is 47.0 Å². The van der Waals surface area contributed by atoms with E-state index in [1.54, 1.807) is 24.6 Å². The third-order valence-corrected chi connectivity index (χ3v) is 3.93. The molecule has 0 radical (unpaired) electrons. The minimum Gasteiger partial charge on any atom is -0.495 e. The molecule has 0 bridgehead atoms. The lowest BCUT2D eigenvalue weighted by atomic mass is 10.1. The molecule has 1 atom stereocenters. The second-order valence-electron chi connectivity index (χ2n) is 4.28. The highest BCUT2D eigenvalue weighted by Crippen LogP contribution is 2.31. The largest absolute Gasteiger partial charge is 0.495 e. The number of hydrogen-bond donors (Lipinski definition) is 1. The summed E-state index contributed by atoms with van der Waals surface area (Å²) in [6.07, 6.45) is 2.87. The molecule has 2 aromatic heterocycles. The highest BCUT2D eigenvalue weighted by Gasteiger charge is 2.22. The Labute approximate surface area is 117 Å². The molecule has 2 rings (SSSR count). The van der Waals surface area contributed by atoms with Gasteiger partial charge in [-0.05, 0) is 32.0 Å². The van der Waals surface area contributed by atoms with Gasteiger partial charge in [-0.25, -0.2) is 4.98 Å². The van der Waals surface area contributed by atoms with Gasteiger partial charge in [-0.2, -0.15) is 0 Å². The van der Waals surface area contributed by atoms with Gasteiger partial charge < -0.3 is 10.1 Å². The first kappa shape index (κ1) is 14.0. The number of aryl methyl sites for hydroxylation is 1. The van der Waals surface area contributed by atoms with Crippen molar-refractivity contribution in [2.45, 2.75) is 26.3 Å². The van der Waals surface area contributed by atoms with Crippen LogP contribution in [0.5, 0.6) is 5.75 Å². The van der Waals surface area contributed by atoms with Crippen LogP contribution in [0.2, 0.25) is 0 Å². The molecule has 102 valence electrons. The van der Waals surface area contributed by atoms with Crippen molar-refractivity contribution in [1.29, 1.82) is 0 Å². The summed E-state index contributed by atoms with van der Waals surface area (Å²) in [6.45, 7) is 5.11. The van der Waals surface area contributed by atoms with Crippen molar-refractivity contribution in [1.82, 2.24) is 15.3 Å². The van der Waals surface area contributed by atoms with Gasteiger partial charge in [-0.1, -0.05) is 6.92 Å². The predicted octanol–water partition coefficient (Wildman–Crippen LogP) is 2.94. The zero-order valence-electron chi connectivity index (χ0n) is 11.5. The van der Waals surface area contributed by atoms with Crippen molar-refractivity contribution in [2.75, 3.05) is 13.7 Å². The van der Waals surface area contributed by atoms with E-state index in [1.165, 1.54) is 4.88 Å². The number of thiazole rings is 1. The van der Waals surface area contributed by atoms with Gasteiger partial charge in [0, 0.05) is 6.20 Å². The van der Waals surface area contributed by atoms with Crippen LogP contribution in [0.15, 0.2) is 23.8 Å². The van der Waals surface area contributed by atoms with Crippen molar-refractivity contribution in [3.05, 3.63) is 40.1 Å². The number of rotatable bonds is 6. The lowest BCUT2D eigenvalue weighted by molar-refractivity contribution is 0.400. The molecule has 0 aliphatic rings. The van der Waals surface area contributed by atoms with Crippen molar-refractivity contribution < 1.29 is 4.74 Å². The monoisotopic (exact) mass is 277 g/mol. The van der Waals surface area contributed by atoms with Crippen molar-refractivity contribution >= 4 is 11.3 Å². The average Bonchev–Trinajstić information content (AvgIpc) is 2.86. The Kier molecular flexibility index (Phi) is 4.87. The van der Waals surface area contributed by atoms with E-state index in [1.807, 2.05) is 24.6 Å². The van der Waals surface area contributed by atoms with Crippen LogP contribution in [0.25, 0.3) is 0 Å². The van der Waals surface area contributed by atoms with Gasteiger partial charge in [-0.15, -0.1) is 11.3 Å². The zero-order chi connectivity index (χ0) is 13.7. The van der Waals surface area contributed by atoms with E-state index in [4.69, 9.17) is 4.74 Å². The van der Waals surface area contributed by atoms with Gasteiger partial charge in [0.15, 0.2) is 0 Å². The molecule has 19 heavy (non-hydrogen) atoms. The maximum absolute atomic E-state index is 5.43. The Morgan fingerprint density at radius 1 is 1.42 bits per heavy atom. The van der Waals surface area contributed by atoms with Gasteiger partial charge in [0.1, 0.15) is 11.4 Å². The standard InChI is InChI=1S/C14H19N3OS/c1-4-7-15-13(14-10(2)17-9-19-14)12-11(18-3)6-5-8-16-12/h5-6,8-9,13,15H,4,7H2,1-3H3. The lowest BCUT2D eigenvalue weighted by Gasteiger charge is -2.19. The molecule has 0 amide bonds. The molecule has 0 aliphatic carbocycles. The summed E-state index contributed by atoms with van der Waals surface area (Å²) in [5.74, 6) is 0.809. The summed E-state index contributed by atoms with van der Waals surface area (Å²) in [5, 5.41) is 3.53. The van der Waals surface area contributed by atoms with Crippen molar-refractivity contribution in [2.24, 2.45) is 0 Å². The molecular formula is C14H19N3OS. The fourth-order valence-electron chi connectivity index (χ4n) is 1.98. The van der Waals surface area contributed by atoms with Crippen LogP contribution in [0.4, 0.5) is 0 Å². The minimum atomic E-state index is 0.0450. The van der Waals surface area contributed by atoms with E-state index in [0.29, 0.717) is 0 Å². The second-order valence-corrected chi connectivity index (χ2v) is 5.17. The van der Waals surface area contributed by atoms with Crippen molar-refractivity contribution in [3.63, 3.8) is 0 Å². The smallest absolute Gasteiger partial charge is 0.142 e. The van der Waals surface area contributed by atoms with E-state index in [0.717, 1.165) is 30.1 Å². The molecule has 0 saturated carbocycles. The molecule has 0 saturated heterocycles. The molecule has 0 aliphatic heterocycles. The number of nitrogens with zero attached hydrogens (tertiary/aromatic N) is 2. The summed E-state index contributed by atoms with van der Waals surface area (Å²) in [4.78, 5) is 10.0. The Hall–Kier alpha value is -1.46. The Balaban J connectivity index is 2.40. The van der Waals surface area contributed by atoms with Gasteiger partial charge in [0.05, 0.1) is 29.2 Å². The van der Waals surface area contributed by atoms with Crippen LogP contribution in [0.1, 0.15) is 35.7 Å². The number of methoxy groups -OCH3 is 1. The van der Waals surface area contributed by atoms with Gasteiger partial charge in [0.25, 0.3) is 0 Å². The fourth-order valence-corrected chi connectivity index (χ4v) is 2.86. The van der Waals surface area contributed by atoms with Crippen LogP contribution >= 0.6 is 11.3 Å². The normalized spacial score (nSPS) is 12.4. The quantitative estimate of drug-likeness (QED) is 0.882. The third kappa shape index (κ3) is 3.11. The van der Waals surface area contributed by atoms with Crippen LogP contribution < -0.4 is 10.1 Å². The second kappa shape index (κ2) is 6.63. The van der Waals surface area contributed by atoms with E-state index >= 15 is 0 Å². The Bertz CT molecular complexity index is 527. The third-order valence-electron chi connectivity index (χ3n) is 2.94. The first-order chi connectivity index (χ1) is 9.27. The summed E-state index contributed by atoms with van der Waals surface area (Å²) in [6, 6.07) is 3.88. The molecule has 0 spiro atoms. The maximum atomic E-state index is 5.43. The molecule has 0 aromatic carbocycles. The number of hydrogen-bond acceptors (Lipinski definition) is 5. The average molecular weight is 277 g/mol. The lowest BCUT2D eigenvalue weighted by Crippen LogP contribution is -2.24. The molecule has 1 N–H and O–H groups in total. The summed E-state index contributed by atoms with van der Waals surface area (Å²) in [7, 11) is 1.68. The number of ether oxygens (including phenoxy) is 1. The summed E-state index contributed by atoms with van der Waals surface area (Å²) in [5.41, 5.74) is 3.85. The van der Waals surface area contributed by atoms with Crippen LogP contribution in [0, 0.1) is 6.92 Å². The molecular weight excluding hydrogens is 258 g/mol. The SMILES string of the molecule is CCCNC(c1ncccc1OC)c1scnc1C. The Morgan fingerprint density at radius 2 is 2.26 bits per heavy atom. The van der Waals surface area contributed by atoms with Crippen molar-refractivity contribution in [3.8, 4) is 5.75 Å². The highest BCUT2D eigenvalue weighted by atomic mass is 32.1. The van der Waals surface area contributed by atoms with E-state index in [2.05, 4.69) is 22.2 Å².